The number of carbonyl (C=O) groups excluding carboxylic acids is 1. The maximum atomic E-state index is 11.6. The minimum atomic E-state index is -0.487. The molecule has 0 aliphatic carbocycles. The largest absolute Gasteiger partial charge is 0.457 e. The number of rotatable bonds is 2. The maximum Gasteiger partial charge on any atom is 0.331 e. The quantitative estimate of drug-likeness (QED) is 0.661. The highest BCUT2D eigenvalue weighted by atomic mass is 35.5. The molecule has 0 aliphatic rings. The molecule has 0 aliphatic heterocycles. The fraction of sp³-hybridized carbons (Fsp3) is 0.267. The van der Waals surface area contributed by atoms with Gasteiger partial charge in [0.15, 0.2) is 0 Å². The van der Waals surface area contributed by atoms with Crippen molar-refractivity contribution in [3.63, 3.8) is 0 Å². The van der Waals surface area contributed by atoms with Crippen LogP contribution in [-0.4, -0.2) is 16.6 Å². The third kappa shape index (κ3) is 3.38. The standard InChI is InChI=1S/C15H16ClNO2/c1-15(2,3)19-13(18)8-7-10-5-4-6-12-14(10)11(16)9-17-12/h4-9,17H,1-3H3/b8-7+. The molecule has 0 radical (unpaired) electrons. The number of aromatic nitrogens is 1. The second kappa shape index (κ2) is 5.10. The van der Waals surface area contributed by atoms with E-state index in [1.165, 1.54) is 6.08 Å². The molecule has 2 rings (SSSR count). The molecule has 0 amide bonds. The van der Waals surface area contributed by atoms with E-state index in [0.717, 1.165) is 16.5 Å². The summed E-state index contributed by atoms with van der Waals surface area (Å²) < 4.78 is 5.22. The highest BCUT2D eigenvalue weighted by Crippen LogP contribution is 2.27. The van der Waals surface area contributed by atoms with Crippen LogP contribution in [0.4, 0.5) is 0 Å². The van der Waals surface area contributed by atoms with Gasteiger partial charge < -0.3 is 9.72 Å². The maximum absolute atomic E-state index is 11.6. The van der Waals surface area contributed by atoms with Gasteiger partial charge in [-0.3, -0.25) is 0 Å². The van der Waals surface area contributed by atoms with E-state index in [4.69, 9.17) is 16.3 Å². The Hall–Kier alpha value is -1.74. The van der Waals surface area contributed by atoms with Crippen LogP contribution in [-0.2, 0) is 9.53 Å². The van der Waals surface area contributed by atoms with Gasteiger partial charge in [-0.15, -0.1) is 0 Å². The molecule has 0 fully saturated rings. The van der Waals surface area contributed by atoms with E-state index in [9.17, 15) is 4.79 Å². The lowest BCUT2D eigenvalue weighted by Crippen LogP contribution is -2.22. The third-order valence-corrected chi connectivity index (χ3v) is 2.79. The first kappa shape index (κ1) is 13.7. The van der Waals surface area contributed by atoms with Crippen molar-refractivity contribution in [1.29, 1.82) is 0 Å². The summed E-state index contributed by atoms with van der Waals surface area (Å²) in [4.78, 5) is 14.7. The van der Waals surface area contributed by atoms with Crippen molar-refractivity contribution in [2.24, 2.45) is 0 Å². The van der Waals surface area contributed by atoms with Gasteiger partial charge in [-0.2, -0.15) is 0 Å². The lowest BCUT2D eigenvalue weighted by atomic mass is 10.1. The summed E-state index contributed by atoms with van der Waals surface area (Å²) in [6.07, 6.45) is 4.87. The lowest BCUT2D eigenvalue weighted by molar-refractivity contribution is -0.148. The smallest absolute Gasteiger partial charge is 0.331 e. The van der Waals surface area contributed by atoms with Gasteiger partial charge in [-0.25, -0.2) is 4.79 Å². The van der Waals surface area contributed by atoms with E-state index < -0.39 is 5.60 Å². The van der Waals surface area contributed by atoms with Crippen LogP contribution in [0.25, 0.3) is 17.0 Å². The average molecular weight is 278 g/mol. The summed E-state index contributed by atoms with van der Waals surface area (Å²) in [5, 5.41) is 1.54. The second-order valence-electron chi connectivity index (χ2n) is 5.27. The molecular formula is C15H16ClNO2. The van der Waals surface area contributed by atoms with Crippen LogP contribution < -0.4 is 0 Å². The molecule has 19 heavy (non-hydrogen) atoms. The number of halogens is 1. The Morgan fingerprint density at radius 3 is 2.79 bits per heavy atom. The van der Waals surface area contributed by atoms with E-state index in [-0.39, 0.29) is 5.97 Å². The first-order valence-electron chi connectivity index (χ1n) is 6.03. The fourth-order valence-electron chi connectivity index (χ4n) is 1.80. The number of hydrogen-bond donors (Lipinski definition) is 1. The molecule has 0 bridgehead atoms. The molecule has 1 aromatic carbocycles. The minimum absolute atomic E-state index is 0.365. The number of H-pyrrole nitrogens is 1. The fourth-order valence-corrected chi connectivity index (χ4v) is 2.07. The third-order valence-electron chi connectivity index (χ3n) is 2.50. The predicted octanol–water partition coefficient (Wildman–Crippen LogP) is 4.18. The zero-order chi connectivity index (χ0) is 14.0. The molecule has 1 heterocycles. The van der Waals surface area contributed by atoms with Gasteiger partial charge in [0.2, 0.25) is 0 Å². The molecule has 0 unspecified atom stereocenters. The number of fused-ring (bicyclic) bond motifs is 1. The Labute approximate surface area is 117 Å². The highest BCUT2D eigenvalue weighted by Gasteiger charge is 2.14. The normalized spacial score (nSPS) is 12.2. The molecule has 0 saturated heterocycles. The molecule has 0 atom stereocenters. The number of benzene rings is 1. The van der Waals surface area contributed by atoms with Gasteiger partial charge in [0.25, 0.3) is 0 Å². The van der Waals surface area contributed by atoms with Gasteiger partial charge in [0.05, 0.1) is 5.02 Å². The summed E-state index contributed by atoms with van der Waals surface area (Å²) in [7, 11) is 0. The monoisotopic (exact) mass is 277 g/mol. The molecule has 1 aromatic heterocycles. The van der Waals surface area contributed by atoms with Crippen LogP contribution in [0.2, 0.25) is 5.02 Å². The van der Waals surface area contributed by atoms with E-state index in [0.29, 0.717) is 5.02 Å². The molecule has 4 heteroatoms. The SMILES string of the molecule is CC(C)(C)OC(=O)/C=C/c1cccc2[nH]cc(Cl)c12. The van der Waals surface area contributed by atoms with E-state index in [1.54, 1.807) is 12.3 Å². The Kier molecular flexibility index (Phi) is 3.67. The summed E-state index contributed by atoms with van der Waals surface area (Å²) in [6.45, 7) is 5.51. The Morgan fingerprint density at radius 2 is 2.11 bits per heavy atom. The van der Waals surface area contributed by atoms with Crippen molar-refractivity contribution in [3.8, 4) is 0 Å². The average Bonchev–Trinajstić information content (AvgIpc) is 2.67. The molecule has 0 saturated carbocycles. The van der Waals surface area contributed by atoms with Crippen LogP contribution in [0.15, 0.2) is 30.5 Å². The van der Waals surface area contributed by atoms with E-state index in [1.807, 2.05) is 39.0 Å². The predicted molar refractivity (Wildman–Crippen MR) is 78.2 cm³/mol. The Balaban J connectivity index is 2.26. The van der Waals surface area contributed by atoms with Crippen LogP contribution in [0.5, 0.6) is 0 Å². The summed E-state index contributed by atoms with van der Waals surface area (Å²) in [5.41, 5.74) is 1.34. The van der Waals surface area contributed by atoms with Crippen molar-refractivity contribution >= 4 is 34.5 Å². The zero-order valence-corrected chi connectivity index (χ0v) is 11.9. The Bertz CT molecular complexity index is 635. The van der Waals surface area contributed by atoms with Crippen LogP contribution >= 0.6 is 11.6 Å². The second-order valence-corrected chi connectivity index (χ2v) is 5.68. The summed E-state index contributed by atoms with van der Waals surface area (Å²) >= 11 is 6.12. The van der Waals surface area contributed by atoms with Gasteiger partial charge in [-0.1, -0.05) is 23.7 Å². The summed E-state index contributed by atoms with van der Waals surface area (Å²) in [6, 6.07) is 5.75. The van der Waals surface area contributed by atoms with Crippen LogP contribution in [0.1, 0.15) is 26.3 Å². The number of aromatic amines is 1. The lowest BCUT2D eigenvalue weighted by Gasteiger charge is -2.17. The van der Waals surface area contributed by atoms with Crippen molar-refractivity contribution in [1.82, 2.24) is 4.98 Å². The van der Waals surface area contributed by atoms with Crippen molar-refractivity contribution in [2.45, 2.75) is 26.4 Å². The van der Waals surface area contributed by atoms with Gasteiger partial charge in [0, 0.05) is 23.2 Å². The number of carbonyl (C=O) groups is 1. The van der Waals surface area contributed by atoms with Gasteiger partial charge >= 0.3 is 5.97 Å². The minimum Gasteiger partial charge on any atom is -0.457 e. The van der Waals surface area contributed by atoms with Crippen molar-refractivity contribution < 1.29 is 9.53 Å². The zero-order valence-electron chi connectivity index (χ0n) is 11.2. The van der Waals surface area contributed by atoms with Crippen molar-refractivity contribution in [3.05, 3.63) is 41.1 Å². The molecule has 1 N–H and O–H groups in total. The summed E-state index contributed by atoms with van der Waals surface area (Å²) in [5.74, 6) is -0.365. The molecule has 2 aromatic rings. The number of nitrogens with one attached hydrogen (secondary N) is 1. The number of ether oxygens (including phenoxy) is 1. The van der Waals surface area contributed by atoms with Gasteiger partial charge in [-0.05, 0) is 38.5 Å². The molecule has 100 valence electrons. The van der Waals surface area contributed by atoms with E-state index in [2.05, 4.69) is 4.98 Å². The first-order chi connectivity index (χ1) is 8.87. The topological polar surface area (TPSA) is 42.1 Å². The molecule has 0 spiro atoms. The van der Waals surface area contributed by atoms with Crippen LogP contribution in [0, 0.1) is 0 Å². The van der Waals surface area contributed by atoms with Crippen LogP contribution in [0.3, 0.4) is 0 Å². The van der Waals surface area contributed by atoms with Crippen molar-refractivity contribution in [2.75, 3.05) is 0 Å². The Morgan fingerprint density at radius 1 is 1.37 bits per heavy atom. The highest BCUT2D eigenvalue weighted by molar-refractivity contribution is 6.36. The number of esters is 1. The first-order valence-corrected chi connectivity index (χ1v) is 6.41. The van der Waals surface area contributed by atoms with E-state index >= 15 is 0 Å². The molecule has 3 nitrogen and oxygen atoms in total. The number of hydrogen-bond acceptors (Lipinski definition) is 2. The van der Waals surface area contributed by atoms with Gasteiger partial charge in [0.1, 0.15) is 5.60 Å². The molecular weight excluding hydrogens is 262 g/mol.